The van der Waals surface area contributed by atoms with E-state index >= 15 is 0 Å². The van der Waals surface area contributed by atoms with Crippen molar-refractivity contribution >= 4 is 11.7 Å². The topological polar surface area (TPSA) is 58.6 Å². The monoisotopic (exact) mass is 345 g/mol. The standard InChI is InChI=1S/C20H24FNO3/c1-5-25-19(24)18(22-15-9-7-14(21)8-10-15)16-11-6-13(12-17(16)23)20(2,3)4/h6-12,18,22-23H,5H2,1-4H3. The van der Waals surface area contributed by atoms with Crippen molar-refractivity contribution in [2.45, 2.75) is 39.2 Å². The van der Waals surface area contributed by atoms with Crippen LogP contribution in [0.1, 0.15) is 44.9 Å². The number of anilines is 1. The second-order valence-electron chi connectivity index (χ2n) is 6.86. The number of aromatic hydroxyl groups is 1. The first-order valence-electron chi connectivity index (χ1n) is 8.24. The van der Waals surface area contributed by atoms with E-state index in [0.29, 0.717) is 11.3 Å². The number of rotatable bonds is 5. The third-order valence-electron chi connectivity index (χ3n) is 3.88. The Labute approximate surface area is 147 Å². The van der Waals surface area contributed by atoms with Gasteiger partial charge >= 0.3 is 5.97 Å². The van der Waals surface area contributed by atoms with E-state index in [1.807, 2.05) is 26.8 Å². The van der Waals surface area contributed by atoms with Crippen LogP contribution in [0.4, 0.5) is 10.1 Å². The van der Waals surface area contributed by atoms with Crippen LogP contribution in [0.5, 0.6) is 5.75 Å². The first-order valence-corrected chi connectivity index (χ1v) is 8.24. The summed E-state index contributed by atoms with van der Waals surface area (Å²) >= 11 is 0. The highest BCUT2D eigenvalue weighted by Crippen LogP contribution is 2.33. The van der Waals surface area contributed by atoms with Gasteiger partial charge < -0.3 is 15.2 Å². The molecule has 0 amide bonds. The van der Waals surface area contributed by atoms with Gasteiger partial charge in [-0.2, -0.15) is 0 Å². The summed E-state index contributed by atoms with van der Waals surface area (Å²) in [6, 6.07) is 10.0. The zero-order chi connectivity index (χ0) is 18.6. The number of benzene rings is 2. The molecule has 0 aliphatic rings. The predicted octanol–water partition coefficient (Wildman–Crippen LogP) is 4.55. The summed E-state index contributed by atoms with van der Waals surface area (Å²) < 4.78 is 18.2. The maximum atomic E-state index is 13.1. The van der Waals surface area contributed by atoms with Crippen LogP contribution in [0.25, 0.3) is 0 Å². The van der Waals surface area contributed by atoms with E-state index in [1.54, 1.807) is 19.1 Å². The highest BCUT2D eigenvalue weighted by molar-refractivity contribution is 5.82. The molecule has 25 heavy (non-hydrogen) atoms. The van der Waals surface area contributed by atoms with E-state index in [0.717, 1.165) is 5.56 Å². The summed E-state index contributed by atoms with van der Waals surface area (Å²) in [6.45, 7) is 8.07. The number of phenolic OH excluding ortho intramolecular Hbond substituents is 1. The van der Waals surface area contributed by atoms with E-state index in [4.69, 9.17) is 4.74 Å². The molecule has 134 valence electrons. The van der Waals surface area contributed by atoms with Crippen LogP contribution in [0.3, 0.4) is 0 Å². The first-order chi connectivity index (χ1) is 11.7. The molecule has 0 bridgehead atoms. The molecule has 0 saturated heterocycles. The number of phenols is 1. The molecule has 0 aromatic heterocycles. The molecule has 0 spiro atoms. The van der Waals surface area contributed by atoms with Gasteiger partial charge in [-0.15, -0.1) is 0 Å². The van der Waals surface area contributed by atoms with Gasteiger partial charge in [-0.1, -0.05) is 32.9 Å². The van der Waals surface area contributed by atoms with Gasteiger partial charge in [0.1, 0.15) is 11.6 Å². The molecule has 4 nitrogen and oxygen atoms in total. The van der Waals surface area contributed by atoms with Crippen LogP contribution in [-0.2, 0) is 14.9 Å². The molecule has 2 aromatic carbocycles. The minimum atomic E-state index is -0.889. The Morgan fingerprint density at radius 2 is 1.84 bits per heavy atom. The Balaban J connectivity index is 2.38. The van der Waals surface area contributed by atoms with Crippen LogP contribution in [-0.4, -0.2) is 17.7 Å². The Hall–Kier alpha value is -2.56. The van der Waals surface area contributed by atoms with Gasteiger partial charge in [0.25, 0.3) is 0 Å². The summed E-state index contributed by atoms with van der Waals surface area (Å²) in [7, 11) is 0. The highest BCUT2D eigenvalue weighted by Gasteiger charge is 2.26. The fourth-order valence-corrected chi connectivity index (χ4v) is 2.46. The Morgan fingerprint density at radius 3 is 2.36 bits per heavy atom. The van der Waals surface area contributed by atoms with Crippen LogP contribution in [0.15, 0.2) is 42.5 Å². The molecule has 1 unspecified atom stereocenters. The number of hydrogen-bond acceptors (Lipinski definition) is 4. The smallest absolute Gasteiger partial charge is 0.333 e. The fraction of sp³-hybridized carbons (Fsp3) is 0.350. The van der Waals surface area contributed by atoms with Gasteiger partial charge in [0, 0.05) is 11.3 Å². The first kappa shape index (κ1) is 18.8. The van der Waals surface area contributed by atoms with Crippen molar-refractivity contribution in [1.29, 1.82) is 0 Å². The number of nitrogens with one attached hydrogen (secondary N) is 1. The van der Waals surface area contributed by atoms with Crippen molar-refractivity contribution in [3.05, 3.63) is 59.4 Å². The zero-order valence-electron chi connectivity index (χ0n) is 15.0. The maximum absolute atomic E-state index is 13.1. The second-order valence-corrected chi connectivity index (χ2v) is 6.86. The van der Waals surface area contributed by atoms with Crippen molar-refractivity contribution in [3.63, 3.8) is 0 Å². The van der Waals surface area contributed by atoms with Gasteiger partial charge in [0.2, 0.25) is 0 Å². The van der Waals surface area contributed by atoms with Gasteiger partial charge in [0.15, 0.2) is 6.04 Å². The van der Waals surface area contributed by atoms with Crippen molar-refractivity contribution in [1.82, 2.24) is 0 Å². The minimum Gasteiger partial charge on any atom is -0.508 e. The molecule has 0 saturated carbocycles. The summed E-state index contributed by atoms with van der Waals surface area (Å²) in [5, 5.41) is 13.5. The van der Waals surface area contributed by atoms with Crippen LogP contribution in [0, 0.1) is 5.82 Å². The highest BCUT2D eigenvalue weighted by atomic mass is 19.1. The molecular weight excluding hydrogens is 321 g/mol. The third-order valence-corrected chi connectivity index (χ3v) is 3.88. The van der Waals surface area contributed by atoms with Crippen molar-refractivity contribution in [2.24, 2.45) is 0 Å². The summed E-state index contributed by atoms with van der Waals surface area (Å²) in [4.78, 5) is 12.4. The molecular formula is C20H24FNO3. The number of carbonyl (C=O) groups is 1. The lowest BCUT2D eigenvalue weighted by Gasteiger charge is -2.23. The van der Waals surface area contributed by atoms with Crippen molar-refractivity contribution in [2.75, 3.05) is 11.9 Å². The van der Waals surface area contributed by atoms with Crippen LogP contribution >= 0.6 is 0 Å². The normalized spacial score (nSPS) is 12.5. The lowest BCUT2D eigenvalue weighted by Crippen LogP contribution is -2.24. The number of hydrogen-bond donors (Lipinski definition) is 2. The molecule has 0 aliphatic heterocycles. The largest absolute Gasteiger partial charge is 0.508 e. The van der Waals surface area contributed by atoms with Gasteiger partial charge in [-0.05, 0) is 48.2 Å². The molecule has 0 heterocycles. The maximum Gasteiger partial charge on any atom is 0.333 e. The molecule has 5 heteroatoms. The average Bonchev–Trinajstić information content (AvgIpc) is 2.54. The molecule has 1 atom stereocenters. The quantitative estimate of drug-likeness (QED) is 0.781. The number of ether oxygens (including phenoxy) is 1. The van der Waals surface area contributed by atoms with Crippen molar-refractivity contribution in [3.8, 4) is 5.75 Å². The third kappa shape index (κ3) is 4.72. The Kier molecular flexibility index (Phi) is 5.67. The van der Waals surface area contributed by atoms with Crippen LogP contribution < -0.4 is 5.32 Å². The van der Waals surface area contributed by atoms with Crippen LogP contribution in [0.2, 0.25) is 0 Å². The number of halogens is 1. The van der Waals surface area contributed by atoms with E-state index in [2.05, 4.69) is 5.32 Å². The lowest BCUT2D eigenvalue weighted by molar-refractivity contribution is -0.144. The Bertz CT molecular complexity index is 736. The number of esters is 1. The summed E-state index contributed by atoms with van der Waals surface area (Å²) in [5.41, 5.74) is 1.80. The molecule has 2 N–H and O–H groups in total. The molecule has 0 fully saturated rings. The van der Waals surface area contributed by atoms with E-state index in [1.165, 1.54) is 24.3 Å². The number of carbonyl (C=O) groups excluding carboxylic acids is 1. The molecule has 2 rings (SSSR count). The SMILES string of the molecule is CCOC(=O)C(Nc1ccc(F)cc1)c1ccc(C(C)(C)C)cc1O. The molecule has 2 aromatic rings. The molecule has 0 radical (unpaired) electrons. The van der Waals surface area contributed by atoms with Gasteiger partial charge in [-0.3, -0.25) is 0 Å². The van der Waals surface area contributed by atoms with Gasteiger partial charge in [-0.25, -0.2) is 9.18 Å². The van der Waals surface area contributed by atoms with Crippen molar-refractivity contribution < 1.29 is 19.0 Å². The molecule has 0 aliphatic carbocycles. The lowest BCUT2D eigenvalue weighted by atomic mass is 9.86. The van der Waals surface area contributed by atoms with Gasteiger partial charge in [0.05, 0.1) is 6.61 Å². The van der Waals surface area contributed by atoms with E-state index in [-0.39, 0.29) is 23.6 Å². The summed E-state index contributed by atoms with van der Waals surface area (Å²) in [5.74, 6) is -0.860. The predicted molar refractivity (Wildman–Crippen MR) is 96.2 cm³/mol. The summed E-state index contributed by atoms with van der Waals surface area (Å²) in [6.07, 6.45) is 0. The fourth-order valence-electron chi connectivity index (χ4n) is 2.46. The van der Waals surface area contributed by atoms with E-state index in [9.17, 15) is 14.3 Å². The second kappa shape index (κ2) is 7.55. The zero-order valence-corrected chi connectivity index (χ0v) is 15.0. The Morgan fingerprint density at radius 1 is 1.20 bits per heavy atom. The average molecular weight is 345 g/mol. The minimum absolute atomic E-state index is 0.0140. The van der Waals surface area contributed by atoms with E-state index < -0.39 is 12.0 Å².